The molecule has 7 heteroatoms. The van der Waals surface area contributed by atoms with E-state index in [9.17, 15) is 8.42 Å². The lowest BCUT2D eigenvalue weighted by Gasteiger charge is -2.12. The van der Waals surface area contributed by atoms with E-state index in [-0.39, 0.29) is 6.04 Å². The van der Waals surface area contributed by atoms with Gasteiger partial charge in [0, 0.05) is 23.2 Å². The fourth-order valence-corrected chi connectivity index (χ4v) is 5.00. The van der Waals surface area contributed by atoms with Gasteiger partial charge >= 0.3 is 0 Å². The van der Waals surface area contributed by atoms with Gasteiger partial charge in [-0.3, -0.25) is 0 Å². The van der Waals surface area contributed by atoms with E-state index in [0.29, 0.717) is 4.21 Å². The lowest BCUT2D eigenvalue weighted by atomic mass is 10.4. The maximum atomic E-state index is 12.2. The molecule has 0 spiro atoms. The van der Waals surface area contributed by atoms with E-state index in [1.165, 1.54) is 11.3 Å². The maximum Gasteiger partial charge on any atom is 0.250 e. The second-order valence-electron chi connectivity index (χ2n) is 4.58. The first-order chi connectivity index (χ1) is 9.49. The van der Waals surface area contributed by atoms with E-state index in [4.69, 9.17) is 0 Å². The van der Waals surface area contributed by atoms with Crippen molar-refractivity contribution in [2.45, 2.75) is 44.0 Å². The lowest BCUT2D eigenvalue weighted by Crippen LogP contribution is -2.33. The zero-order valence-corrected chi connectivity index (χ0v) is 14.8. The Labute approximate surface area is 130 Å². The number of thiophene rings is 1. The molecule has 1 rings (SSSR count). The second kappa shape index (κ2) is 9.04. The van der Waals surface area contributed by atoms with Crippen LogP contribution >= 0.6 is 23.1 Å². The van der Waals surface area contributed by atoms with Crippen molar-refractivity contribution in [2.24, 2.45) is 0 Å². The van der Waals surface area contributed by atoms with Crippen molar-refractivity contribution in [3.63, 3.8) is 0 Å². The Morgan fingerprint density at radius 1 is 1.35 bits per heavy atom. The SMILES string of the molecule is CCCNCc1ccc(S(=O)(=O)NC(C)CSCC)s1. The highest BCUT2D eigenvalue weighted by molar-refractivity contribution is 7.99. The quantitative estimate of drug-likeness (QED) is 0.645. The van der Waals surface area contributed by atoms with Crippen LogP contribution in [0.15, 0.2) is 16.3 Å². The first kappa shape index (κ1) is 18.0. The van der Waals surface area contributed by atoms with E-state index in [0.717, 1.165) is 35.9 Å². The summed E-state index contributed by atoms with van der Waals surface area (Å²) in [6.45, 7) is 7.76. The molecule has 0 aliphatic carbocycles. The summed E-state index contributed by atoms with van der Waals surface area (Å²) in [6, 6.07) is 3.52. The summed E-state index contributed by atoms with van der Waals surface area (Å²) in [5, 5.41) is 3.28. The van der Waals surface area contributed by atoms with Gasteiger partial charge in [-0.2, -0.15) is 11.8 Å². The Bertz CT molecular complexity index is 486. The van der Waals surface area contributed by atoms with Crippen molar-refractivity contribution in [1.82, 2.24) is 10.0 Å². The molecule has 0 aliphatic heterocycles. The van der Waals surface area contributed by atoms with Crippen LogP contribution in [0.2, 0.25) is 0 Å². The Morgan fingerprint density at radius 3 is 2.75 bits per heavy atom. The molecule has 1 unspecified atom stereocenters. The average molecular weight is 337 g/mol. The molecule has 116 valence electrons. The molecule has 0 saturated heterocycles. The minimum Gasteiger partial charge on any atom is -0.312 e. The number of thioether (sulfide) groups is 1. The van der Waals surface area contributed by atoms with E-state index >= 15 is 0 Å². The van der Waals surface area contributed by atoms with Crippen LogP contribution in [0.1, 0.15) is 32.1 Å². The van der Waals surface area contributed by atoms with E-state index in [1.807, 2.05) is 13.0 Å². The van der Waals surface area contributed by atoms with E-state index in [1.54, 1.807) is 17.8 Å². The first-order valence-corrected chi connectivity index (χ1v) is 10.3. The van der Waals surface area contributed by atoms with Gasteiger partial charge in [0.1, 0.15) is 4.21 Å². The normalized spacial score (nSPS) is 13.6. The summed E-state index contributed by atoms with van der Waals surface area (Å²) < 4.78 is 27.6. The summed E-state index contributed by atoms with van der Waals surface area (Å²) in [5.41, 5.74) is 0. The highest BCUT2D eigenvalue weighted by atomic mass is 32.2. The number of hydrogen-bond donors (Lipinski definition) is 2. The molecule has 0 amide bonds. The van der Waals surface area contributed by atoms with Gasteiger partial charge in [0.2, 0.25) is 10.0 Å². The fourth-order valence-electron chi connectivity index (χ4n) is 1.64. The molecule has 0 radical (unpaired) electrons. The monoisotopic (exact) mass is 336 g/mol. The summed E-state index contributed by atoms with van der Waals surface area (Å²) in [6.07, 6.45) is 1.07. The van der Waals surface area contributed by atoms with Crippen LogP contribution in [0.5, 0.6) is 0 Å². The predicted octanol–water partition coefficient (Wildman–Crippen LogP) is 2.67. The molecule has 1 atom stereocenters. The topological polar surface area (TPSA) is 58.2 Å². The highest BCUT2D eigenvalue weighted by Gasteiger charge is 2.19. The Morgan fingerprint density at radius 2 is 2.10 bits per heavy atom. The smallest absolute Gasteiger partial charge is 0.250 e. The molecule has 0 aromatic carbocycles. The van der Waals surface area contributed by atoms with Gasteiger partial charge in [-0.25, -0.2) is 13.1 Å². The summed E-state index contributed by atoms with van der Waals surface area (Å²) in [5.74, 6) is 1.80. The van der Waals surface area contributed by atoms with Gasteiger partial charge < -0.3 is 5.32 Å². The van der Waals surface area contributed by atoms with Gasteiger partial charge in [-0.05, 0) is 37.8 Å². The molecule has 1 aromatic rings. The third-order valence-corrected chi connectivity index (χ3v) is 6.87. The van der Waals surface area contributed by atoms with Crippen LogP contribution < -0.4 is 10.0 Å². The molecular weight excluding hydrogens is 312 g/mol. The van der Waals surface area contributed by atoms with Gasteiger partial charge in [0.15, 0.2) is 0 Å². The number of rotatable bonds is 10. The van der Waals surface area contributed by atoms with Crippen LogP contribution in [0.4, 0.5) is 0 Å². The van der Waals surface area contributed by atoms with E-state index < -0.39 is 10.0 Å². The molecule has 20 heavy (non-hydrogen) atoms. The average Bonchev–Trinajstić information content (AvgIpc) is 2.86. The highest BCUT2D eigenvalue weighted by Crippen LogP contribution is 2.21. The molecule has 0 fully saturated rings. The molecular formula is C13H24N2O2S3. The van der Waals surface area contributed by atoms with Crippen molar-refractivity contribution in [3.8, 4) is 0 Å². The molecule has 2 N–H and O–H groups in total. The Balaban J connectivity index is 2.59. The van der Waals surface area contributed by atoms with Crippen LogP contribution in [0.3, 0.4) is 0 Å². The molecule has 4 nitrogen and oxygen atoms in total. The molecule has 0 aliphatic rings. The van der Waals surface area contributed by atoms with Crippen LogP contribution in [0.25, 0.3) is 0 Å². The van der Waals surface area contributed by atoms with E-state index in [2.05, 4.69) is 23.9 Å². The Kier molecular flexibility index (Phi) is 8.13. The largest absolute Gasteiger partial charge is 0.312 e. The molecule has 1 aromatic heterocycles. The van der Waals surface area contributed by atoms with Crippen molar-refractivity contribution < 1.29 is 8.42 Å². The van der Waals surface area contributed by atoms with Crippen molar-refractivity contribution in [2.75, 3.05) is 18.1 Å². The number of nitrogens with one attached hydrogen (secondary N) is 2. The third kappa shape index (κ3) is 6.13. The zero-order chi connectivity index (χ0) is 15.0. The fraction of sp³-hybridized carbons (Fsp3) is 0.692. The summed E-state index contributed by atoms with van der Waals surface area (Å²) in [7, 11) is -3.37. The standard InChI is InChI=1S/C13H24N2O2S3/c1-4-8-14-9-12-6-7-13(19-12)20(16,17)15-11(3)10-18-5-2/h6-7,11,14-15H,4-5,8-10H2,1-3H3. The number of sulfonamides is 1. The van der Waals surface area contributed by atoms with Gasteiger partial charge in [0.05, 0.1) is 0 Å². The lowest BCUT2D eigenvalue weighted by molar-refractivity contribution is 0.573. The van der Waals surface area contributed by atoms with Crippen molar-refractivity contribution >= 4 is 33.1 Å². The van der Waals surface area contributed by atoms with Gasteiger partial charge in [0.25, 0.3) is 0 Å². The first-order valence-electron chi connectivity index (χ1n) is 6.89. The summed E-state index contributed by atoms with van der Waals surface area (Å²) in [4.78, 5) is 1.05. The van der Waals surface area contributed by atoms with Crippen molar-refractivity contribution in [3.05, 3.63) is 17.0 Å². The summed E-state index contributed by atoms with van der Waals surface area (Å²) >= 11 is 3.07. The molecule has 1 heterocycles. The zero-order valence-electron chi connectivity index (χ0n) is 12.3. The van der Waals surface area contributed by atoms with Crippen LogP contribution in [-0.2, 0) is 16.6 Å². The van der Waals surface area contributed by atoms with Crippen LogP contribution in [-0.4, -0.2) is 32.5 Å². The third-order valence-electron chi connectivity index (χ3n) is 2.56. The van der Waals surface area contributed by atoms with Gasteiger partial charge in [-0.15, -0.1) is 11.3 Å². The maximum absolute atomic E-state index is 12.2. The molecule has 0 bridgehead atoms. The minimum absolute atomic E-state index is 0.0475. The van der Waals surface area contributed by atoms with Gasteiger partial charge in [-0.1, -0.05) is 13.8 Å². The number of hydrogen-bond acceptors (Lipinski definition) is 5. The predicted molar refractivity (Wildman–Crippen MR) is 89.1 cm³/mol. The Hall–Kier alpha value is -0.0800. The van der Waals surface area contributed by atoms with Crippen molar-refractivity contribution in [1.29, 1.82) is 0 Å². The molecule has 0 saturated carbocycles. The minimum atomic E-state index is -3.37. The second-order valence-corrected chi connectivity index (χ2v) is 9.01. The van der Waals surface area contributed by atoms with Crippen LogP contribution in [0, 0.1) is 0 Å².